The zero-order valence-electron chi connectivity index (χ0n) is 10.7. The number of hydrogen-bond donors (Lipinski definition) is 0. The van der Waals surface area contributed by atoms with E-state index in [0.717, 1.165) is 4.78 Å². The summed E-state index contributed by atoms with van der Waals surface area (Å²) in [6, 6.07) is 0. The van der Waals surface area contributed by atoms with E-state index in [0.29, 0.717) is 14.8 Å². The Hall–Kier alpha value is 1.35. The largest absolute Gasteiger partial charge is 0.643 e. The van der Waals surface area contributed by atoms with Crippen LogP contribution in [0.25, 0.3) is 0 Å². The average Bonchev–Trinajstić information content (AvgIpc) is 2.00. The van der Waals surface area contributed by atoms with Gasteiger partial charge in [0.2, 0.25) is 0 Å². The summed E-state index contributed by atoms with van der Waals surface area (Å²) < 4.78 is 17.3. The molecule has 3 nitrogen and oxygen atoms in total. The van der Waals surface area contributed by atoms with Crippen LogP contribution in [-0.4, -0.2) is 55.6 Å². The molecule has 1 aliphatic rings. The van der Waals surface area contributed by atoms with Gasteiger partial charge in [-0.05, 0) is 13.8 Å². The zero-order valence-corrected chi connectivity index (χ0v) is 14.2. The van der Waals surface area contributed by atoms with Gasteiger partial charge in [0.05, 0.1) is 0 Å². The molecule has 0 amide bonds. The monoisotopic (exact) mass is 274 g/mol. The molecule has 1 aliphatic heterocycles. The molecular weight excluding hydrogens is 249 g/mol. The normalized spacial score (nSPS) is 18.2. The van der Waals surface area contributed by atoms with Gasteiger partial charge in [-0.15, -0.1) is 0 Å². The van der Waals surface area contributed by atoms with Crippen molar-refractivity contribution in [1.29, 1.82) is 0 Å². The van der Waals surface area contributed by atoms with Gasteiger partial charge in [0.15, 0.2) is 0 Å². The van der Waals surface area contributed by atoms with E-state index >= 15 is 0 Å². The summed E-state index contributed by atoms with van der Waals surface area (Å²) in [5.74, 6) is 3.69. The van der Waals surface area contributed by atoms with Crippen molar-refractivity contribution in [3.05, 3.63) is 0 Å². The molecule has 6 heteroatoms. The van der Waals surface area contributed by atoms with Crippen LogP contribution in [0, 0.1) is 0 Å². The van der Waals surface area contributed by atoms with Gasteiger partial charge in [0.1, 0.15) is 5.79 Å². The number of hydrogen-bond acceptors (Lipinski definition) is 3. The van der Waals surface area contributed by atoms with Gasteiger partial charge < -0.3 is 10.4 Å². The molecule has 0 aromatic rings. The third kappa shape index (κ3) is 10.5. The molecule has 0 aliphatic carbocycles. The topological polar surface area (TPSA) is 27.7 Å². The molecule has 0 aromatic carbocycles. The van der Waals surface area contributed by atoms with Gasteiger partial charge in [-0.3, -0.25) is 0 Å². The molecule has 0 radical (unpaired) electrons. The smallest absolute Gasteiger partial charge is 0.592 e. The molecule has 0 atom stereocenters. The Morgan fingerprint density at radius 3 is 1.62 bits per heavy atom. The second kappa shape index (κ2) is 9.30. The molecular formula is C10H25Al3O3. The minimum Gasteiger partial charge on any atom is -0.592 e. The van der Waals surface area contributed by atoms with Crippen molar-refractivity contribution in [3.63, 3.8) is 0 Å². The maximum atomic E-state index is 5.47. The fourth-order valence-electron chi connectivity index (χ4n) is 1.15. The first-order chi connectivity index (χ1) is 6.76. The van der Waals surface area contributed by atoms with Crippen LogP contribution in [0.4, 0.5) is 0 Å². The summed E-state index contributed by atoms with van der Waals surface area (Å²) in [4.78, 5) is 0. The molecule has 0 bridgehead atoms. The van der Waals surface area contributed by atoms with Crippen molar-refractivity contribution < 1.29 is 10.4 Å². The predicted molar refractivity (Wildman–Crippen MR) is 75.3 cm³/mol. The summed E-state index contributed by atoms with van der Waals surface area (Å²) in [5.41, 5.74) is 0. The average molecular weight is 274 g/mol. The summed E-state index contributed by atoms with van der Waals surface area (Å²) in [7, 11) is 0. The van der Waals surface area contributed by atoms with E-state index in [1.807, 2.05) is 25.4 Å². The van der Waals surface area contributed by atoms with Gasteiger partial charge in [-0.2, -0.15) is 0 Å². The van der Waals surface area contributed by atoms with Gasteiger partial charge in [-0.1, -0.05) is 19.0 Å². The molecule has 0 saturated carbocycles. The Balaban J connectivity index is 0. The zero-order chi connectivity index (χ0) is 12.1. The first-order valence-electron chi connectivity index (χ1n) is 5.40. The summed E-state index contributed by atoms with van der Waals surface area (Å²) in [6.07, 6.45) is 0. The molecule has 0 unspecified atom stereocenters. The molecule has 0 N–H and O–H groups in total. The van der Waals surface area contributed by atoms with E-state index in [1.165, 1.54) is 0 Å². The van der Waals surface area contributed by atoms with Gasteiger partial charge in [0.25, 0.3) is 0 Å². The second-order valence-corrected chi connectivity index (χ2v) is 10.0. The van der Waals surface area contributed by atoms with Crippen molar-refractivity contribution >= 4 is 49.8 Å². The van der Waals surface area contributed by atoms with Gasteiger partial charge in [0, 0.05) is 0 Å². The van der Waals surface area contributed by atoms with Crippen LogP contribution in [0.15, 0.2) is 0 Å². The quantitative estimate of drug-likeness (QED) is 0.688. The second-order valence-electron chi connectivity index (χ2n) is 4.39. The van der Waals surface area contributed by atoms with Crippen LogP contribution in [0.2, 0.25) is 16.4 Å². The Labute approximate surface area is 117 Å². The Bertz CT molecular complexity index is 186. The Morgan fingerprint density at radius 1 is 1.12 bits per heavy atom. The van der Waals surface area contributed by atoms with Crippen LogP contribution in [-0.2, 0) is 10.4 Å². The van der Waals surface area contributed by atoms with Crippen LogP contribution in [0.3, 0.4) is 0 Å². The van der Waals surface area contributed by atoms with Gasteiger partial charge in [-0.25, -0.2) is 0 Å². The summed E-state index contributed by atoms with van der Waals surface area (Å²) in [5, 5.41) is 3.77. The van der Waals surface area contributed by atoms with E-state index < -0.39 is 29.6 Å². The third-order valence-electron chi connectivity index (χ3n) is 1.75. The maximum absolute atomic E-state index is 5.47. The van der Waals surface area contributed by atoms with Crippen molar-refractivity contribution in [2.45, 2.75) is 57.3 Å². The molecule has 1 rings (SSSR count). The Morgan fingerprint density at radius 2 is 1.44 bits per heavy atom. The van der Waals surface area contributed by atoms with Crippen LogP contribution in [0.1, 0.15) is 35.1 Å². The molecule has 16 heavy (non-hydrogen) atoms. The predicted octanol–water partition coefficient (Wildman–Crippen LogP) is 2.61. The van der Waals surface area contributed by atoms with Gasteiger partial charge >= 0.3 is 68.4 Å². The van der Waals surface area contributed by atoms with Crippen molar-refractivity contribution in [3.8, 4) is 0 Å². The standard InChI is InChI=1S/C3H6O2.C3H7.CH4.2CH3.CH2.3Al.O/c1-3(2,4)5;1-3-2;;;;;;;;/h1-2H3;3H,1-2H3;1H4;2*1H3;1H2;;;;/q-2;;;;;;;2*+1;. The van der Waals surface area contributed by atoms with E-state index in [2.05, 4.69) is 19.2 Å². The SMILES string of the molecule is C.[CH2]=[Al][CH](C)C.[CH3][Al]1[O][Al]([CH3])[O]C(C)(C)[O]1. The van der Waals surface area contributed by atoms with Crippen LogP contribution < -0.4 is 0 Å². The molecule has 1 saturated heterocycles. The first kappa shape index (κ1) is 19.7. The minimum atomic E-state index is -1.34. The van der Waals surface area contributed by atoms with Crippen LogP contribution >= 0.6 is 0 Å². The first-order valence-corrected chi connectivity index (χ1v) is 11.1. The van der Waals surface area contributed by atoms with Crippen molar-refractivity contribution in [1.82, 2.24) is 0 Å². The summed E-state index contributed by atoms with van der Waals surface area (Å²) >= 11 is -2.20. The van der Waals surface area contributed by atoms with Crippen molar-refractivity contribution in [2.75, 3.05) is 0 Å². The summed E-state index contributed by atoms with van der Waals surface area (Å²) in [6.45, 7) is 8.29. The molecule has 1 fully saturated rings. The van der Waals surface area contributed by atoms with E-state index in [-0.39, 0.29) is 13.2 Å². The van der Waals surface area contributed by atoms with Crippen molar-refractivity contribution in [2.24, 2.45) is 0 Å². The third-order valence-corrected chi connectivity index (χ3v) is 7.56. The fourth-order valence-corrected chi connectivity index (χ4v) is 5.58. The number of rotatable bonds is 1. The van der Waals surface area contributed by atoms with E-state index in [1.54, 1.807) is 0 Å². The minimum absolute atomic E-state index is 0. The molecule has 0 aromatic heterocycles. The molecule has 0 spiro atoms. The molecule has 92 valence electrons. The van der Waals surface area contributed by atoms with E-state index in [9.17, 15) is 0 Å². The molecule has 1 heterocycles. The van der Waals surface area contributed by atoms with Crippen LogP contribution in [0.5, 0.6) is 0 Å². The fraction of sp³-hybridized carbons (Fsp3) is 0.900. The Kier molecular flexibility index (Phi) is 11.4. The van der Waals surface area contributed by atoms with E-state index in [4.69, 9.17) is 10.4 Å². The maximum Gasteiger partial charge on any atom is 0.643 e.